The third-order valence-corrected chi connectivity index (χ3v) is 4.31. The summed E-state index contributed by atoms with van der Waals surface area (Å²) in [5.41, 5.74) is 2.95. The maximum atomic E-state index is 12.4. The number of aryl methyl sites for hydroxylation is 1. The number of hydrogen-bond donors (Lipinski definition) is 1. The lowest BCUT2D eigenvalue weighted by Gasteiger charge is -2.13. The molecule has 27 heavy (non-hydrogen) atoms. The van der Waals surface area contributed by atoms with Gasteiger partial charge in [0, 0.05) is 31.2 Å². The number of ether oxygens (including phenoxy) is 1. The second-order valence-electron chi connectivity index (χ2n) is 6.28. The second-order valence-corrected chi connectivity index (χ2v) is 6.28. The fraction of sp³-hybridized carbons (Fsp3) is 0.143. The van der Waals surface area contributed by atoms with Gasteiger partial charge < -0.3 is 19.2 Å². The minimum atomic E-state index is -0.435. The van der Waals surface area contributed by atoms with E-state index in [9.17, 15) is 14.7 Å². The van der Waals surface area contributed by atoms with Crippen LogP contribution in [0, 0.1) is 6.92 Å². The number of benzene rings is 2. The van der Waals surface area contributed by atoms with Gasteiger partial charge in [0.1, 0.15) is 5.58 Å². The lowest BCUT2D eigenvalue weighted by molar-refractivity contribution is -0.120. The van der Waals surface area contributed by atoms with Crippen LogP contribution in [0.5, 0.6) is 11.5 Å². The molecule has 0 spiro atoms. The van der Waals surface area contributed by atoms with E-state index in [4.69, 9.17) is 9.15 Å². The van der Waals surface area contributed by atoms with Crippen LogP contribution in [0.4, 0.5) is 5.69 Å². The predicted molar refractivity (Wildman–Crippen MR) is 105 cm³/mol. The van der Waals surface area contributed by atoms with Gasteiger partial charge in [0.25, 0.3) is 6.47 Å². The number of nitrogens with zero attached hydrogens (tertiary/aromatic N) is 1. The lowest BCUT2D eigenvalue weighted by atomic mass is 10.0. The molecule has 138 valence electrons. The van der Waals surface area contributed by atoms with Gasteiger partial charge in [-0.3, -0.25) is 4.79 Å². The molecule has 0 aliphatic rings. The Morgan fingerprint density at radius 1 is 1.11 bits per heavy atom. The monoisotopic (exact) mass is 365 g/mol. The molecule has 3 rings (SSSR count). The van der Waals surface area contributed by atoms with Crippen LogP contribution in [0.3, 0.4) is 0 Å². The highest BCUT2D eigenvalue weighted by Crippen LogP contribution is 2.28. The summed E-state index contributed by atoms with van der Waals surface area (Å²) in [5.74, 6) is -0.0945. The quantitative estimate of drug-likeness (QED) is 0.550. The topological polar surface area (TPSA) is 80.0 Å². The van der Waals surface area contributed by atoms with Crippen molar-refractivity contribution in [2.75, 3.05) is 19.0 Å². The molecule has 1 heterocycles. The molecular formula is C21H19NO5. The van der Waals surface area contributed by atoms with Crippen molar-refractivity contribution in [2.24, 2.45) is 0 Å². The van der Waals surface area contributed by atoms with E-state index in [0.717, 1.165) is 16.6 Å². The van der Waals surface area contributed by atoms with Gasteiger partial charge in [-0.05, 0) is 48.4 Å². The number of fused-ring (bicyclic) bond motifs is 1. The van der Waals surface area contributed by atoms with Crippen molar-refractivity contribution in [1.29, 1.82) is 0 Å². The van der Waals surface area contributed by atoms with Crippen LogP contribution in [-0.4, -0.2) is 25.7 Å². The number of phenols is 1. The first-order chi connectivity index (χ1) is 12.9. The van der Waals surface area contributed by atoms with Crippen molar-refractivity contribution in [3.05, 3.63) is 63.5 Å². The van der Waals surface area contributed by atoms with Crippen molar-refractivity contribution in [3.63, 3.8) is 0 Å². The number of phenolic OH excluding ortho intramolecular Hbond substituents is 1. The maximum absolute atomic E-state index is 12.4. The molecule has 0 aliphatic carbocycles. The minimum absolute atomic E-state index is 0.0469. The Morgan fingerprint density at radius 3 is 2.59 bits per heavy atom. The minimum Gasteiger partial charge on any atom is -0.504 e. The average molecular weight is 365 g/mol. The highest BCUT2D eigenvalue weighted by molar-refractivity contribution is 5.87. The van der Waals surface area contributed by atoms with Crippen LogP contribution >= 0.6 is 0 Å². The van der Waals surface area contributed by atoms with Gasteiger partial charge in [-0.25, -0.2) is 4.79 Å². The van der Waals surface area contributed by atoms with Gasteiger partial charge in [-0.2, -0.15) is 0 Å². The molecule has 0 fully saturated rings. The van der Waals surface area contributed by atoms with Gasteiger partial charge in [-0.15, -0.1) is 0 Å². The van der Waals surface area contributed by atoms with Crippen LogP contribution in [0.1, 0.15) is 16.7 Å². The van der Waals surface area contributed by atoms with E-state index < -0.39 is 5.63 Å². The van der Waals surface area contributed by atoms with Gasteiger partial charge in [0.2, 0.25) is 0 Å². The van der Waals surface area contributed by atoms with E-state index >= 15 is 0 Å². The SMILES string of the molecule is Cc1c(/C=C/c2ccc(O)c(OC=O)c2)c(=O)oc2cc(N(C)C)ccc12. The Morgan fingerprint density at radius 2 is 1.89 bits per heavy atom. The largest absolute Gasteiger partial charge is 0.504 e. The average Bonchev–Trinajstić information content (AvgIpc) is 2.63. The lowest BCUT2D eigenvalue weighted by Crippen LogP contribution is -2.09. The number of carbonyl (C=O) groups is 1. The van der Waals surface area contributed by atoms with Crippen LogP contribution in [0.15, 0.2) is 45.6 Å². The summed E-state index contributed by atoms with van der Waals surface area (Å²) in [6, 6.07) is 10.3. The highest BCUT2D eigenvalue weighted by atomic mass is 16.5. The Hall–Kier alpha value is -3.54. The predicted octanol–water partition coefficient (Wildman–Crippen LogP) is 3.58. The van der Waals surface area contributed by atoms with Crippen molar-refractivity contribution < 1.29 is 19.1 Å². The highest BCUT2D eigenvalue weighted by Gasteiger charge is 2.10. The van der Waals surface area contributed by atoms with E-state index in [1.807, 2.05) is 44.1 Å². The van der Waals surface area contributed by atoms with Crippen molar-refractivity contribution in [1.82, 2.24) is 0 Å². The molecule has 0 saturated carbocycles. The molecule has 0 bridgehead atoms. The molecule has 1 aromatic heterocycles. The molecule has 0 atom stereocenters. The fourth-order valence-corrected chi connectivity index (χ4v) is 2.79. The molecule has 3 aromatic rings. The van der Waals surface area contributed by atoms with E-state index in [1.54, 1.807) is 18.2 Å². The van der Waals surface area contributed by atoms with Crippen LogP contribution in [0.25, 0.3) is 23.1 Å². The first-order valence-electron chi connectivity index (χ1n) is 8.27. The molecule has 0 unspecified atom stereocenters. The smallest absolute Gasteiger partial charge is 0.343 e. The molecule has 6 nitrogen and oxygen atoms in total. The molecule has 2 aromatic carbocycles. The van der Waals surface area contributed by atoms with Crippen LogP contribution in [0.2, 0.25) is 0 Å². The summed E-state index contributed by atoms with van der Waals surface area (Å²) in [7, 11) is 3.84. The van der Waals surface area contributed by atoms with Crippen molar-refractivity contribution >= 4 is 35.3 Å². The zero-order valence-corrected chi connectivity index (χ0v) is 15.2. The third kappa shape index (κ3) is 3.69. The maximum Gasteiger partial charge on any atom is 0.343 e. The number of aromatic hydroxyl groups is 1. The molecule has 0 saturated heterocycles. The number of carbonyl (C=O) groups excluding carboxylic acids is 1. The Labute approximate surface area is 155 Å². The Bertz CT molecular complexity index is 1100. The molecule has 0 amide bonds. The second kappa shape index (κ2) is 7.37. The summed E-state index contributed by atoms with van der Waals surface area (Å²) in [5, 5.41) is 10.5. The summed E-state index contributed by atoms with van der Waals surface area (Å²) in [6.45, 7) is 2.11. The van der Waals surface area contributed by atoms with E-state index in [-0.39, 0.29) is 18.0 Å². The normalized spacial score (nSPS) is 11.1. The summed E-state index contributed by atoms with van der Waals surface area (Å²) in [6.07, 6.45) is 3.34. The van der Waals surface area contributed by atoms with E-state index in [2.05, 4.69) is 0 Å². The Balaban J connectivity index is 2.03. The van der Waals surface area contributed by atoms with Crippen molar-refractivity contribution in [3.8, 4) is 11.5 Å². The zero-order chi connectivity index (χ0) is 19.6. The van der Waals surface area contributed by atoms with Crippen molar-refractivity contribution in [2.45, 2.75) is 6.92 Å². The standard InChI is InChI=1S/C21H19NO5/c1-13-16-8-6-15(22(2)3)11-19(16)27-21(25)17(13)7-4-14-5-9-18(24)20(10-14)26-12-23/h4-12,24H,1-3H3/b7-4+. The zero-order valence-electron chi connectivity index (χ0n) is 15.2. The van der Waals surface area contributed by atoms with Gasteiger partial charge in [0.05, 0.1) is 5.56 Å². The molecule has 0 radical (unpaired) electrons. The number of anilines is 1. The van der Waals surface area contributed by atoms with Gasteiger partial charge >= 0.3 is 5.63 Å². The first kappa shape index (κ1) is 18.3. The van der Waals surface area contributed by atoms with Gasteiger partial charge in [-0.1, -0.05) is 12.1 Å². The molecular weight excluding hydrogens is 346 g/mol. The van der Waals surface area contributed by atoms with E-state index in [1.165, 1.54) is 12.1 Å². The molecule has 6 heteroatoms. The fourth-order valence-electron chi connectivity index (χ4n) is 2.79. The number of hydrogen-bond acceptors (Lipinski definition) is 6. The first-order valence-corrected chi connectivity index (χ1v) is 8.27. The van der Waals surface area contributed by atoms with Crippen LogP contribution < -0.4 is 15.3 Å². The Kier molecular flexibility index (Phi) is 4.98. The number of rotatable bonds is 5. The van der Waals surface area contributed by atoms with Gasteiger partial charge in [0.15, 0.2) is 11.5 Å². The molecule has 0 aliphatic heterocycles. The van der Waals surface area contributed by atoms with Crippen LogP contribution in [-0.2, 0) is 4.79 Å². The van der Waals surface area contributed by atoms with E-state index in [0.29, 0.717) is 16.7 Å². The summed E-state index contributed by atoms with van der Waals surface area (Å²) >= 11 is 0. The summed E-state index contributed by atoms with van der Waals surface area (Å²) in [4.78, 5) is 24.9. The third-order valence-electron chi connectivity index (χ3n) is 4.31. The summed E-state index contributed by atoms with van der Waals surface area (Å²) < 4.78 is 10.2. The molecule has 1 N–H and O–H groups in total.